The number of nitrogens with one attached hydrogen (secondary N) is 1. The van der Waals surface area contributed by atoms with E-state index < -0.39 is 10.2 Å². The third-order valence-electron chi connectivity index (χ3n) is 1.76. The number of hydrogen-bond acceptors (Lipinski definition) is 2. The molecule has 0 saturated heterocycles. The highest BCUT2D eigenvalue weighted by Crippen LogP contribution is 2.33. The standard InChI is InChI=1S/C5H12N2O2S/c1-2-4-3-5(4)7-10(6,8)9/h4-5,7H,2-3H2,1H3,(H2,6,8,9). The van der Waals surface area contributed by atoms with Gasteiger partial charge in [-0.15, -0.1) is 0 Å². The van der Waals surface area contributed by atoms with Gasteiger partial charge in [0.15, 0.2) is 0 Å². The van der Waals surface area contributed by atoms with Crippen molar-refractivity contribution in [1.29, 1.82) is 0 Å². The monoisotopic (exact) mass is 164 g/mol. The van der Waals surface area contributed by atoms with Gasteiger partial charge in [0.05, 0.1) is 0 Å². The Balaban J connectivity index is 2.31. The van der Waals surface area contributed by atoms with Crippen LogP contribution >= 0.6 is 0 Å². The highest BCUT2D eigenvalue weighted by Gasteiger charge is 2.37. The molecule has 0 aromatic rings. The van der Waals surface area contributed by atoms with Gasteiger partial charge in [0, 0.05) is 6.04 Å². The molecule has 4 nitrogen and oxygen atoms in total. The highest BCUT2D eigenvalue weighted by molar-refractivity contribution is 7.87. The van der Waals surface area contributed by atoms with Crippen molar-refractivity contribution in [1.82, 2.24) is 4.72 Å². The Bertz CT molecular complexity index is 212. The van der Waals surface area contributed by atoms with Crippen LogP contribution < -0.4 is 9.86 Å². The topological polar surface area (TPSA) is 72.2 Å². The molecule has 2 atom stereocenters. The summed E-state index contributed by atoms with van der Waals surface area (Å²) >= 11 is 0. The number of rotatable bonds is 3. The van der Waals surface area contributed by atoms with Gasteiger partial charge in [-0.05, 0) is 12.3 Å². The first kappa shape index (κ1) is 7.97. The minimum absolute atomic E-state index is 0.111. The average molecular weight is 164 g/mol. The second-order valence-corrected chi connectivity index (χ2v) is 4.00. The van der Waals surface area contributed by atoms with E-state index in [4.69, 9.17) is 5.14 Å². The van der Waals surface area contributed by atoms with Crippen molar-refractivity contribution in [2.45, 2.75) is 25.8 Å². The smallest absolute Gasteiger partial charge is 0.216 e. The first-order valence-electron chi connectivity index (χ1n) is 3.33. The van der Waals surface area contributed by atoms with Crippen molar-refractivity contribution in [2.24, 2.45) is 11.1 Å². The van der Waals surface area contributed by atoms with Gasteiger partial charge in [0.25, 0.3) is 10.2 Å². The zero-order valence-corrected chi connectivity index (χ0v) is 6.69. The Kier molecular flexibility index (Phi) is 1.98. The van der Waals surface area contributed by atoms with Crippen LogP contribution in [0.5, 0.6) is 0 Å². The minimum Gasteiger partial charge on any atom is -0.216 e. The van der Waals surface area contributed by atoms with Crippen molar-refractivity contribution >= 4 is 10.2 Å². The summed E-state index contributed by atoms with van der Waals surface area (Å²) in [5.74, 6) is 0.512. The largest absolute Gasteiger partial charge is 0.274 e. The lowest BCUT2D eigenvalue weighted by atomic mass is 10.3. The summed E-state index contributed by atoms with van der Waals surface area (Å²) in [7, 11) is -3.45. The lowest BCUT2D eigenvalue weighted by Gasteiger charge is -1.97. The van der Waals surface area contributed by atoms with E-state index in [2.05, 4.69) is 4.72 Å². The van der Waals surface area contributed by atoms with E-state index in [0.717, 1.165) is 12.8 Å². The fourth-order valence-electron chi connectivity index (χ4n) is 1.05. The van der Waals surface area contributed by atoms with Crippen molar-refractivity contribution in [3.63, 3.8) is 0 Å². The molecular formula is C5H12N2O2S. The molecule has 0 heterocycles. The average Bonchev–Trinajstić information content (AvgIpc) is 2.42. The Morgan fingerprint density at radius 2 is 2.30 bits per heavy atom. The van der Waals surface area contributed by atoms with Gasteiger partial charge in [0.1, 0.15) is 0 Å². The molecule has 0 aromatic heterocycles. The zero-order valence-electron chi connectivity index (χ0n) is 5.87. The van der Waals surface area contributed by atoms with Crippen LogP contribution in [0.15, 0.2) is 0 Å². The van der Waals surface area contributed by atoms with Crippen LogP contribution in [0.1, 0.15) is 19.8 Å². The molecule has 0 bridgehead atoms. The third kappa shape index (κ3) is 2.24. The molecule has 0 spiro atoms. The molecule has 1 aliphatic carbocycles. The molecule has 5 heteroatoms. The van der Waals surface area contributed by atoms with E-state index >= 15 is 0 Å². The Labute approximate surface area is 61.0 Å². The summed E-state index contributed by atoms with van der Waals surface area (Å²) in [5.41, 5.74) is 0. The van der Waals surface area contributed by atoms with Gasteiger partial charge >= 0.3 is 0 Å². The molecule has 1 aliphatic rings. The van der Waals surface area contributed by atoms with Gasteiger partial charge in [-0.3, -0.25) is 0 Å². The normalized spacial score (nSPS) is 32.2. The van der Waals surface area contributed by atoms with Crippen molar-refractivity contribution in [3.05, 3.63) is 0 Å². The summed E-state index contributed by atoms with van der Waals surface area (Å²) in [6.45, 7) is 2.04. The van der Waals surface area contributed by atoms with Gasteiger partial charge in [-0.25, -0.2) is 5.14 Å². The second-order valence-electron chi connectivity index (χ2n) is 2.67. The van der Waals surface area contributed by atoms with Gasteiger partial charge in [-0.2, -0.15) is 13.1 Å². The number of hydrogen-bond donors (Lipinski definition) is 2. The fraction of sp³-hybridized carbons (Fsp3) is 1.00. The molecule has 0 aromatic carbocycles. The Hall–Kier alpha value is -0.130. The molecule has 0 radical (unpaired) electrons. The minimum atomic E-state index is -3.45. The molecule has 10 heavy (non-hydrogen) atoms. The maximum Gasteiger partial charge on any atom is 0.274 e. The molecular weight excluding hydrogens is 152 g/mol. The first-order chi connectivity index (χ1) is 4.53. The van der Waals surface area contributed by atoms with Crippen molar-refractivity contribution in [3.8, 4) is 0 Å². The molecule has 0 aliphatic heterocycles. The van der Waals surface area contributed by atoms with E-state index in [0.29, 0.717) is 5.92 Å². The first-order valence-corrected chi connectivity index (χ1v) is 4.87. The van der Waals surface area contributed by atoms with Crippen LogP contribution in [0.4, 0.5) is 0 Å². The Morgan fingerprint density at radius 1 is 1.70 bits per heavy atom. The predicted molar refractivity (Wildman–Crippen MR) is 38.4 cm³/mol. The molecule has 0 amide bonds. The van der Waals surface area contributed by atoms with E-state index in [1.54, 1.807) is 0 Å². The van der Waals surface area contributed by atoms with E-state index in [-0.39, 0.29) is 6.04 Å². The zero-order chi connectivity index (χ0) is 7.78. The molecule has 1 saturated carbocycles. The van der Waals surface area contributed by atoms with Crippen LogP contribution in [0.2, 0.25) is 0 Å². The highest BCUT2D eigenvalue weighted by atomic mass is 32.2. The van der Waals surface area contributed by atoms with Crippen LogP contribution in [-0.2, 0) is 10.2 Å². The summed E-state index contributed by atoms with van der Waals surface area (Å²) in [4.78, 5) is 0. The van der Waals surface area contributed by atoms with Crippen molar-refractivity contribution in [2.75, 3.05) is 0 Å². The maximum absolute atomic E-state index is 10.4. The van der Waals surface area contributed by atoms with Gasteiger partial charge < -0.3 is 0 Å². The summed E-state index contributed by atoms with van der Waals surface area (Å²) in [6, 6.07) is 0.111. The van der Waals surface area contributed by atoms with Crippen LogP contribution in [-0.4, -0.2) is 14.5 Å². The lowest BCUT2D eigenvalue weighted by Crippen LogP contribution is -2.33. The number of nitrogens with two attached hydrogens (primary N) is 1. The maximum atomic E-state index is 10.4. The predicted octanol–water partition coefficient (Wildman–Crippen LogP) is -0.422. The van der Waals surface area contributed by atoms with Crippen LogP contribution in [0.25, 0.3) is 0 Å². The molecule has 2 unspecified atom stereocenters. The Morgan fingerprint density at radius 3 is 2.60 bits per heavy atom. The summed E-state index contributed by atoms with van der Waals surface area (Å²) < 4.78 is 23.2. The summed E-state index contributed by atoms with van der Waals surface area (Å²) in [6.07, 6.45) is 1.96. The quantitative estimate of drug-likeness (QED) is 0.594. The van der Waals surface area contributed by atoms with Crippen LogP contribution in [0, 0.1) is 5.92 Å². The van der Waals surface area contributed by atoms with E-state index in [1.807, 2.05) is 6.92 Å². The molecule has 3 N–H and O–H groups in total. The van der Waals surface area contributed by atoms with Crippen LogP contribution in [0.3, 0.4) is 0 Å². The summed E-state index contributed by atoms with van der Waals surface area (Å²) in [5, 5.41) is 4.75. The van der Waals surface area contributed by atoms with Gasteiger partial charge in [-0.1, -0.05) is 13.3 Å². The van der Waals surface area contributed by atoms with E-state index in [9.17, 15) is 8.42 Å². The molecule has 1 fully saturated rings. The lowest BCUT2D eigenvalue weighted by molar-refractivity contribution is 0.577. The SMILES string of the molecule is CCC1CC1NS(N)(=O)=O. The second kappa shape index (κ2) is 2.48. The molecule has 1 rings (SSSR count). The van der Waals surface area contributed by atoms with Crippen molar-refractivity contribution < 1.29 is 8.42 Å². The van der Waals surface area contributed by atoms with E-state index in [1.165, 1.54) is 0 Å². The fourth-order valence-corrected chi connectivity index (χ4v) is 1.76. The van der Waals surface area contributed by atoms with Gasteiger partial charge in [0.2, 0.25) is 0 Å². The third-order valence-corrected chi connectivity index (χ3v) is 2.39. The molecule has 60 valence electrons.